The molecule has 1 atom stereocenters. The minimum Gasteiger partial charge on any atom is -0.442 e. The molecule has 242 valence electrons. The van der Waals surface area contributed by atoms with Gasteiger partial charge in [-0.15, -0.1) is 0 Å². The van der Waals surface area contributed by atoms with Crippen LogP contribution in [0.4, 0.5) is 25.0 Å². The van der Waals surface area contributed by atoms with E-state index in [4.69, 9.17) is 4.74 Å². The summed E-state index contributed by atoms with van der Waals surface area (Å²) in [6.07, 6.45) is 7.76. The van der Waals surface area contributed by atoms with Crippen LogP contribution in [0, 0.1) is 11.6 Å². The zero-order valence-electron chi connectivity index (χ0n) is 25.0. The predicted octanol–water partition coefficient (Wildman–Crippen LogP) is 2.24. The molecule has 0 spiro atoms. The second kappa shape index (κ2) is 13.6. The van der Waals surface area contributed by atoms with E-state index < -0.39 is 29.7 Å². The second-order valence-corrected chi connectivity index (χ2v) is 10.9. The molecule has 47 heavy (non-hydrogen) atoms. The van der Waals surface area contributed by atoms with E-state index >= 15 is 8.78 Å². The van der Waals surface area contributed by atoms with Crippen LogP contribution in [-0.4, -0.2) is 95.0 Å². The quantitative estimate of drug-likeness (QED) is 0.265. The van der Waals surface area contributed by atoms with Crippen molar-refractivity contribution in [3.8, 4) is 0 Å². The van der Waals surface area contributed by atoms with Crippen molar-refractivity contribution in [2.45, 2.75) is 6.10 Å². The smallest absolute Gasteiger partial charge is 0.414 e. The van der Waals surface area contributed by atoms with Crippen LogP contribution in [0.3, 0.4) is 0 Å². The Hall–Kier alpha value is -5.86. The maximum absolute atomic E-state index is 15.3. The topological polar surface area (TPSA) is 141 Å². The van der Waals surface area contributed by atoms with Gasteiger partial charge in [0, 0.05) is 63.0 Å². The van der Waals surface area contributed by atoms with Crippen molar-refractivity contribution in [1.29, 1.82) is 0 Å². The summed E-state index contributed by atoms with van der Waals surface area (Å²) in [4.78, 5) is 62.2. The molecule has 2 aliphatic rings. The van der Waals surface area contributed by atoms with E-state index in [1.165, 1.54) is 28.3 Å². The van der Waals surface area contributed by atoms with Crippen molar-refractivity contribution in [1.82, 2.24) is 29.9 Å². The standard InChI is InChI=1S/C32H30F2N8O5/c33-24-14-22(42-19-23(47-32(42)46)16-36-28(43)7-6-21-4-2-1-3-5-21)15-25(34)30(24)40-12-10-39(11-13-40)29(44)18-37-31(45)26-20-41-9-8-35-17-27(41)38-26/h1-9,14-15,17,20,23H,10-13,16,18-19H2,(H,36,43)(H,37,45)/b7-6+/t23-/m0/s1. The SMILES string of the molecule is O=C(/C=C/c1ccccc1)NC[C@H]1CN(c2cc(F)c(N3CCN(C(=O)CNC(=O)c4cn5ccncc5n4)CC3)c(F)c2)C(=O)O1. The molecule has 0 unspecified atom stereocenters. The highest BCUT2D eigenvalue weighted by Crippen LogP contribution is 2.31. The number of cyclic esters (lactones) is 1. The molecule has 2 fully saturated rings. The first kappa shape index (κ1) is 31.1. The number of hydrogen-bond acceptors (Lipinski definition) is 8. The van der Waals surface area contributed by atoms with E-state index in [-0.39, 0.29) is 74.7 Å². The maximum atomic E-state index is 15.3. The molecule has 0 bridgehead atoms. The summed E-state index contributed by atoms with van der Waals surface area (Å²) >= 11 is 0. The summed E-state index contributed by atoms with van der Waals surface area (Å²) in [7, 11) is 0. The Morgan fingerprint density at radius 1 is 1.02 bits per heavy atom. The van der Waals surface area contributed by atoms with Crippen LogP contribution in [0.1, 0.15) is 16.1 Å². The van der Waals surface area contributed by atoms with Crippen molar-refractivity contribution in [2.75, 3.05) is 55.6 Å². The van der Waals surface area contributed by atoms with Crippen LogP contribution in [-0.2, 0) is 14.3 Å². The minimum atomic E-state index is -0.870. The fraction of sp³-hybridized carbons (Fsp3) is 0.250. The molecule has 2 aliphatic heterocycles. The number of halogens is 2. The van der Waals surface area contributed by atoms with Gasteiger partial charge in [0.1, 0.15) is 17.5 Å². The molecule has 0 aliphatic carbocycles. The van der Waals surface area contributed by atoms with Crippen LogP contribution in [0.2, 0.25) is 0 Å². The van der Waals surface area contributed by atoms with E-state index in [9.17, 15) is 19.2 Å². The number of amides is 4. The van der Waals surface area contributed by atoms with Crippen LogP contribution in [0.15, 0.2) is 73.3 Å². The van der Waals surface area contributed by atoms with E-state index in [2.05, 4.69) is 20.6 Å². The number of nitrogens with one attached hydrogen (secondary N) is 2. The van der Waals surface area contributed by atoms with Gasteiger partial charge < -0.3 is 29.6 Å². The van der Waals surface area contributed by atoms with Crippen molar-refractivity contribution in [2.24, 2.45) is 0 Å². The van der Waals surface area contributed by atoms with Gasteiger partial charge in [-0.05, 0) is 11.6 Å². The summed E-state index contributed by atoms with van der Waals surface area (Å²) < 4.78 is 37.5. The Morgan fingerprint density at radius 2 is 1.77 bits per heavy atom. The third-order valence-corrected chi connectivity index (χ3v) is 7.76. The highest BCUT2D eigenvalue weighted by Gasteiger charge is 2.34. The van der Waals surface area contributed by atoms with Gasteiger partial charge in [0.2, 0.25) is 11.8 Å². The van der Waals surface area contributed by atoms with E-state index in [0.29, 0.717) is 5.65 Å². The first-order valence-electron chi connectivity index (χ1n) is 14.8. The van der Waals surface area contributed by atoms with Gasteiger partial charge in [0.05, 0.1) is 31.5 Å². The lowest BCUT2D eigenvalue weighted by atomic mass is 10.2. The summed E-state index contributed by atoms with van der Waals surface area (Å²) in [5.41, 5.74) is 1.20. The number of carbonyl (C=O) groups excluding carboxylic acids is 4. The Morgan fingerprint density at radius 3 is 2.49 bits per heavy atom. The lowest BCUT2D eigenvalue weighted by molar-refractivity contribution is -0.130. The van der Waals surface area contributed by atoms with Crippen LogP contribution >= 0.6 is 0 Å². The average molecular weight is 645 g/mol. The molecule has 4 amide bonds. The lowest BCUT2D eigenvalue weighted by Gasteiger charge is -2.36. The van der Waals surface area contributed by atoms with Crippen molar-refractivity contribution in [3.63, 3.8) is 0 Å². The largest absolute Gasteiger partial charge is 0.442 e. The van der Waals surface area contributed by atoms with Crippen molar-refractivity contribution >= 4 is 46.9 Å². The first-order chi connectivity index (χ1) is 22.7. The zero-order chi connectivity index (χ0) is 32.9. The molecule has 4 aromatic rings. The molecule has 6 rings (SSSR count). The molecular weight excluding hydrogens is 614 g/mol. The van der Waals surface area contributed by atoms with Gasteiger partial charge in [0.25, 0.3) is 5.91 Å². The number of anilines is 2. The number of nitrogens with zero attached hydrogens (tertiary/aromatic N) is 6. The van der Waals surface area contributed by atoms with Gasteiger partial charge in [0.15, 0.2) is 17.3 Å². The number of aromatic nitrogens is 3. The first-order valence-corrected chi connectivity index (χ1v) is 14.8. The molecule has 15 heteroatoms. The van der Waals surface area contributed by atoms with Crippen molar-refractivity contribution < 1.29 is 32.7 Å². The summed E-state index contributed by atoms with van der Waals surface area (Å²) in [5, 5.41) is 5.22. The van der Waals surface area contributed by atoms with Crippen LogP contribution in [0.25, 0.3) is 11.7 Å². The van der Waals surface area contributed by atoms with Crippen LogP contribution < -0.4 is 20.4 Å². The number of benzene rings is 2. The zero-order valence-corrected chi connectivity index (χ0v) is 25.0. The number of hydrogen-bond donors (Lipinski definition) is 2. The monoisotopic (exact) mass is 644 g/mol. The maximum Gasteiger partial charge on any atom is 0.414 e. The molecule has 0 radical (unpaired) electrons. The molecule has 2 aromatic carbocycles. The molecule has 4 heterocycles. The Balaban J connectivity index is 0.989. The number of piperazine rings is 1. The molecular formula is C32H30F2N8O5. The Labute approximate surface area is 267 Å². The van der Waals surface area contributed by atoms with Crippen molar-refractivity contribution in [3.05, 3.63) is 96.2 Å². The van der Waals surface area contributed by atoms with E-state index in [1.807, 2.05) is 30.3 Å². The molecule has 2 N–H and O–H groups in total. The van der Waals surface area contributed by atoms with Crippen LogP contribution in [0.5, 0.6) is 0 Å². The summed E-state index contributed by atoms with van der Waals surface area (Å²) in [6, 6.07) is 11.4. The third-order valence-electron chi connectivity index (χ3n) is 7.76. The van der Waals surface area contributed by atoms with Gasteiger partial charge >= 0.3 is 6.09 Å². The number of rotatable bonds is 9. The van der Waals surface area contributed by atoms with Gasteiger partial charge in [-0.3, -0.25) is 24.3 Å². The Bertz CT molecular complexity index is 1790. The van der Waals surface area contributed by atoms with E-state index in [1.54, 1.807) is 22.9 Å². The normalized spacial score (nSPS) is 16.5. The molecule has 0 saturated carbocycles. The van der Waals surface area contributed by atoms with E-state index in [0.717, 1.165) is 22.6 Å². The van der Waals surface area contributed by atoms with Gasteiger partial charge in [-0.2, -0.15) is 0 Å². The predicted molar refractivity (Wildman–Crippen MR) is 167 cm³/mol. The lowest BCUT2D eigenvalue weighted by Crippen LogP contribution is -2.51. The number of ether oxygens (including phenoxy) is 1. The molecule has 2 saturated heterocycles. The second-order valence-electron chi connectivity index (χ2n) is 10.9. The molecule has 2 aromatic heterocycles. The number of carbonyl (C=O) groups is 4. The number of imidazole rings is 1. The third kappa shape index (κ3) is 7.19. The summed E-state index contributed by atoms with van der Waals surface area (Å²) in [6.45, 7) is 0.420. The molecule has 13 nitrogen and oxygen atoms in total. The summed E-state index contributed by atoms with van der Waals surface area (Å²) in [5.74, 6) is -2.97. The highest BCUT2D eigenvalue weighted by molar-refractivity contribution is 5.95. The Kier molecular flexibility index (Phi) is 9.04. The van der Waals surface area contributed by atoms with Gasteiger partial charge in [-0.1, -0.05) is 30.3 Å². The minimum absolute atomic E-state index is 0.00851. The highest BCUT2D eigenvalue weighted by atomic mass is 19.1. The number of fused-ring (bicyclic) bond motifs is 1. The fourth-order valence-electron chi connectivity index (χ4n) is 5.35. The van der Waals surface area contributed by atoms with Gasteiger partial charge in [-0.25, -0.2) is 18.6 Å². The average Bonchev–Trinajstić information content (AvgIpc) is 3.69. The fourth-order valence-corrected chi connectivity index (χ4v) is 5.35.